The van der Waals surface area contributed by atoms with Crippen molar-refractivity contribution in [3.05, 3.63) is 71.6 Å². The van der Waals surface area contributed by atoms with Crippen LogP contribution in [0.4, 0.5) is 10.1 Å². The number of amides is 2. The summed E-state index contributed by atoms with van der Waals surface area (Å²) in [6.07, 6.45) is 3.31. The minimum absolute atomic E-state index is 0.0347. The van der Waals surface area contributed by atoms with Gasteiger partial charge in [0.2, 0.25) is 0 Å². The van der Waals surface area contributed by atoms with E-state index in [1.165, 1.54) is 30.3 Å². The van der Waals surface area contributed by atoms with Gasteiger partial charge in [-0.15, -0.1) is 6.58 Å². The van der Waals surface area contributed by atoms with Crippen LogP contribution < -0.4 is 15.0 Å². The van der Waals surface area contributed by atoms with Crippen molar-refractivity contribution in [1.29, 1.82) is 0 Å². The minimum Gasteiger partial charge on any atom is -0.504 e. The lowest BCUT2D eigenvalue weighted by Gasteiger charge is -2.29. The summed E-state index contributed by atoms with van der Waals surface area (Å²) in [6, 6.07) is 8.76. The molecule has 3 rings (SSSR count). The molecule has 1 fully saturated rings. The van der Waals surface area contributed by atoms with E-state index in [0.717, 1.165) is 4.90 Å². The van der Waals surface area contributed by atoms with Crippen molar-refractivity contribution >= 4 is 40.9 Å². The Labute approximate surface area is 178 Å². The fraction of sp³-hybridized carbons (Fsp3) is 0.136. The number of phenols is 1. The van der Waals surface area contributed by atoms with E-state index in [4.69, 9.17) is 17.0 Å². The van der Waals surface area contributed by atoms with Crippen LogP contribution in [-0.2, 0) is 16.0 Å². The fourth-order valence-corrected chi connectivity index (χ4v) is 3.30. The molecule has 8 heteroatoms. The third kappa shape index (κ3) is 4.08. The number of hydrogen-bond acceptors (Lipinski definition) is 5. The maximum absolute atomic E-state index is 14.3. The van der Waals surface area contributed by atoms with Gasteiger partial charge in [-0.05, 0) is 61.5 Å². The number of nitrogens with zero attached hydrogens (tertiary/aromatic N) is 1. The van der Waals surface area contributed by atoms with Crippen LogP contribution in [0.2, 0.25) is 0 Å². The Bertz CT molecular complexity index is 1080. The van der Waals surface area contributed by atoms with Crippen LogP contribution in [0.15, 0.2) is 54.6 Å². The lowest BCUT2D eigenvalue weighted by molar-refractivity contribution is -0.122. The van der Waals surface area contributed by atoms with Crippen molar-refractivity contribution in [1.82, 2.24) is 5.32 Å². The van der Waals surface area contributed by atoms with E-state index in [1.807, 2.05) is 0 Å². The van der Waals surface area contributed by atoms with E-state index >= 15 is 0 Å². The first kappa shape index (κ1) is 21.2. The third-order valence-electron chi connectivity index (χ3n) is 4.35. The van der Waals surface area contributed by atoms with Crippen molar-refractivity contribution in [2.24, 2.45) is 0 Å². The average molecular weight is 426 g/mol. The Morgan fingerprint density at radius 3 is 2.70 bits per heavy atom. The van der Waals surface area contributed by atoms with E-state index in [9.17, 15) is 19.1 Å². The second-order valence-corrected chi connectivity index (χ2v) is 6.75. The van der Waals surface area contributed by atoms with Gasteiger partial charge >= 0.3 is 0 Å². The van der Waals surface area contributed by atoms with Crippen LogP contribution in [0.1, 0.15) is 18.1 Å². The first-order chi connectivity index (χ1) is 14.4. The smallest absolute Gasteiger partial charge is 0.270 e. The highest BCUT2D eigenvalue weighted by Crippen LogP contribution is 2.34. The van der Waals surface area contributed by atoms with E-state index in [-0.39, 0.29) is 27.9 Å². The normalized spacial score (nSPS) is 15.3. The predicted molar refractivity (Wildman–Crippen MR) is 116 cm³/mol. The quantitative estimate of drug-likeness (QED) is 0.320. The molecule has 2 aromatic rings. The van der Waals surface area contributed by atoms with Gasteiger partial charge in [0.25, 0.3) is 11.8 Å². The fourth-order valence-electron chi connectivity index (χ4n) is 3.03. The number of phenolic OH excluding ortho intramolecular Hbond substituents is 1. The van der Waals surface area contributed by atoms with Crippen molar-refractivity contribution in [3.63, 3.8) is 0 Å². The molecule has 6 nitrogen and oxygen atoms in total. The molecule has 0 bridgehead atoms. The van der Waals surface area contributed by atoms with Crippen LogP contribution >= 0.6 is 12.2 Å². The van der Waals surface area contributed by atoms with Gasteiger partial charge in [0, 0.05) is 5.56 Å². The zero-order valence-electron chi connectivity index (χ0n) is 16.1. The van der Waals surface area contributed by atoms with Crippen molar-refractivity contribution in [3.8, 4) is 11.5 Å². The molecule has 0 spiro atoms. The monoisotopic (exact) mass is 426 g/mol. The summed E-state index contributed by atoms with van der Waals surface area (Å²) in [4.78, 5) is 26.4. The van der Waals surface area contributed by atoms with E-state index < -0.39 is 17.6 Å². The number of carbonyl (C=O) groups excluding carboxylic acids is 2. The van der Waals surface area contributed by atoms with Gasteiger partial charge in [0.05, 0.1) is 12.3 Å². The Morgan fingerprint density at radius 2 is 2.03 bits per heavy atom. The Balaban J connectivity index is 2.08. The summed E-state index contributed by atoms with van der Waals surface area (Å²) in [5.41, 5.74) is 0.678. The Hall–Kier alpha value is -3.52. The predicted octanol–water partition coefficient (Wildman–Crippen LogP) is 3.49. The summed E-state index contributed by atoms with van der Waals surface area (Å²) in [6.45, 7) is 5.74. The van der Waals surface area contributed by atoms with Crippen molar-refractivity contribution in [2.75, 3.05) is 11.5 Å². The van der Waals surface area contributed by atoms with Crippen LogP contribution in [0, 0.1) is 5.82 Å². The number of anilines is 1. The summed E-state index contributed by atoms with van der Waals surface area (Å²) >= 11 is 5.08. The van der Waals surface area contributed by atoms with Gasteiger partial charge in [-0.2, -0.15) is 0 Å². The van der Waals surface area contributed by atoms with Gasteiger partial charge in [-0.25, -0.2) is 9.29 Å². The molecule has 154 valence electrons. The van der Waals surface area contributed by atoms with Gasteiger partial charge in [0.1, 0.15) is 11.4 Å². The second kappa shape index (κ2) is 8.87. The van der Waals surface area contributed by atoms with E-state index in [1.54, 1.807) is 25.1 Å². The molecule has 2 amide bonds. The molecule has 1 saturated heterocycles. The molecule has 0 aromatic heterocycles. The molecule has 0 saturated carbocycles. The zero-order valence-corrected chi connectivity index (χ0v) is 17.0. The molecule has 30 heavy (non-hydrogen) atoms. The number of halogens is 1. The van der Waals surface area contributed by atoms with Gasteiger partial charge in [0.15, 0.2) is 16.6 Å². The number of hydrogen-bond donors (Lipinski definition) is 2. The van der Waals surface area contributed by atoms with Crippen molar-refractivity contribution in [2.45, 2.75) is 13.3 Å². The van der Waals surface area contributed by atoms with E-state index in [0.29, 0.717) is 24.2 Å². The average Bonchev–Trinajstić information content (AvgIpc) is 2.70. The lowest BCUT2D eigenvalue weighted by Crippen LogP contribution is -2.54. The van der Waals surface area contributed by atoms with Gasteiger partial charge < -0.3 is 9.84 Å². The molecule has 0 aliphatic carbocycles. The first-order valence-electron chi connectivity index (χ1n) is 9.13. The molecule has 0 atom stereocenters. The van der Waals surface area contributed by atoms with Gasteiger partial charge in [-0.3, -0.25) is 14.9 Å². The molecular weight excluding hydrogens is 407 g/mol. The number of carbonyl (C=O) groups is 2. The van der Waals surface area contributed by atoms with Gasteiger partial charge in [-0.1, -0.05) is 18.2 Å². The standard InChI is InChI=1S/C22H19FN2O4S/c1-3-7-14-10-13(12-18(19(14)26)29-4-2)11-15-20(27)24-22(30)25(21(15)28)17-9-6-5-8-16(17)23/h3,5-6,8-12,26H,1,4,7H2,2H3,(H,24,27,30)/b15-11-. The highest BCUT2D eigenvalue weighted by atomic mass is 32.1. The first-order valence-corrected chi connectivity index (χ1v) is 9.53. The van der Waals surface area contributed by atoms with Crippen LogP contribution in [0.5, 0.6) is 11.5 Å². The molecule has 2 aromatic carbocycles. The summed E-state index contributed by atoms with van der Waals surface area (Å²) in [7, 11) is 0. The summed E-state index contributed by atoms with van der Waals surface area (Å²) < 4.78 is 19.7. The number of benzene rings is 2. The maximum atomic E-state index is 14.3. The summed E-state index contributed by atoms with van der Waals surface area (Å²) in [5, 5.41) is 12.5. The maximum Gasteiger partial charge on any atom is 0.270 e. The highest BCUT2D eigenvalue weighted by molar-refractivity contribution is 7.80. The number of aromatic hydroxyl groups is 1. The molecule has 0 radical (unpaired) electrons. The lowest BCUT2D eigenvalue weighted by atomic mass is 10.0. The SMILES string of the molecule is C=CCc1cc(/C=C2/C(=O)NC(=S)N(c3ccccc3F)C2=O)cc(OCC)c1O. The van der Waals surface area contributed by atoms with Crippen LogP contribution in [-0.4, -0.2) is 28.6 Å². The summed E-state index contributed by atoms with van der Waals surface area (Å²) in [5.74, 6) is -1.93. The van der Waals surface area contributed by atoms with Crippen LogP contribution in [0.3, 0.4) is 0 Å². The molecular formula is C22H19FN2O4S. The van der Waals surface area contributed by atoms with E-state index in [2.05, 4.69) is 11.9 Å². The Morgan fingerprint density at radius 1 is 1.30 bits per heavy atom. The second-order valence-electron chi connectivity index (χ2n) is 6.36. The largest absolute Gasteiger partial charge is 0.504 e. The molecule has 0 unspecified atom stereocenters. The van der Waals surface area contributed by atoms with Crippen molar-refractivity contribution < 1.29 is 23.8 Å². The number of allylic oxidation sites excluding steroid dienone is 1. The number of thiocarbonyl (C=S) groups is 1. The number of nitrogens with one attached hydrogen (secondary N) is 1. The Kier molecular flexibility index (Phi) is 6.27. The topological polar surface area (TPSA) is 78.9 Å². The molecule has 1 aliphatic heterocycles. The number of para-hydroxylation sites is 1. The highest BCUT2D eigenvalue weighted by Gasteiger charge is 2.35. The minimum atomic E-state index is -0.759. The number of ether oxygens (including phenoxy) is 1. The zero-order chi connectivity index (χ0) is 21.8. The molecule has 1 heterocycles. The number of rotatable bonds is 6. The van der Waals surface area contributed by atoms with Crippen LogP contribution in [0.25, 0.3) is 6.08 Å². The third-order valence-corrected chi connectivity index (χ3v) is 4.63. The molecule has 2 N–H and O–H groups in total. The molecule has 1 aliphatic rings.